The van der Waals surface area contributed by atoms with Crippen LogP contribution in [0, 0.1) is 18.3 Å². The molecule has 1 aromatic carbocycles. The number of benzene rings is 1. The summed E-state index contributed by atoms with van der Waals surface area (Å²) in [4.78, 5) is 0. The quantitative estimate of drug-likeness (QED) is 0.727. The van der Waals surface area contributed by atoms with E-state index in [1.807, 2.05) is 25.1 Å². The molecule has 0 atom stereocenters. The summed E-state index contributed by atoms with van der Waals surface area (Å²) in [6, 6.07) is 9.16. The normalized spacial score (nSPS) is 10.4. The average Bonchev–Trinajstić information content (AvgIpc) is 3.05. The SMILES string of the molecule is Cc1nnc(-n2nnc(C#N)c2-c2ccc(Cl)cc2)s1. The van der Waals surface area contributed by atoms with Crippen LogP contribution in [0.2, 0.25) is 5.02 Å². The highest BCUT2D eigenvalue weighted by molar-refractivity contribution is 7.13. The molecule has 0 saturated carbocycles. The number of aryl methyl sites for hydroxylation is 1. The minimum Gasteiger partial charge on any atom is -0.191 e. The number of hydrogen-bond donors (Lipinski definition) is 0. The van der Waals surface area contributed by atoms with Crippen molar-refractivity contribution in [3.05, 3.63) is 40.0 Å². The van der Waals surface area contributed by atoms with Crippen LogP contribution >= 0.6 is 22.9 Å². The smallest absolute Gasteiger partial charge is 0.191 e. The number of nitrogens with zero attached hydrogens (tertiary/aromatic N) is 6. The van der Waals surface area contributed by atoms with Crippen LogP contribution in [-0.4, -0.2) is 25.2 Å². The summed E-state index contributed by atoms with van der Waals surface area (Å²) in [7, 11) is 0. The van der Waals surface area contributed by atoms with Gasteiger partial charge in [-0.1, -0.05) is 40.3 Å². The first-order valence-corrected chi connectivity index (χ1v) is 6.80. The summed E-state index contributed by atoms with van der Waals surface area (Å²) in [5, 5.41) is 27.0. The molecule has 0 aliphatic carbocycles. The number of aromatic nitrogens is 5. The van der Waals surface area contributed by atoms with Gasteiger partial charge in [0.2, 0.25) is 5.13 Å². The highest BCUT2D eigenvalue weighted by Gasteiger charge is 2.18. The van der Waals surface area contributed by atoms with Gasteiger partial charge in [-0.05, 0) is 19.1 Å². The Bertz CT molecular complexity index is 798. The summed E-state index contributed by atoms with van der Waals surface area (Å²) in [5.74, 6) is 0. The highest BCUT2D eigenvalue weighted by atomic mass is 35.5. The third-order valence-electron chi connectivity index (χ3n) is 2.59. The Balaban J connectivity index is 2.21. The van der Waals surface area contributed by atoms with Gasteiger partial charge in [0.15, 0.2) is 5.69 Å². The van der Waals surface area contributed by atoms with Gasteiger partial charge in [-0.2, -0.15) is 9.94 Å². The fraction of sp³-hybridized carbons (Fsp3) is 0.0833. The van der Waals surface area contributed by atoms with Gasteiger partial charge in [-0.3, -0.25) is 0 Å². The standard InChI is InChI=1S/C12H7ClN6S/c1-7-15-17-12(20-7)19-11(10(6-14)16-18-19)8-2-4-9(13)5-3-8/h2-5H,1H3. The van der Waals surface area contributed by atoms with E-state index < -0.39 is 0 Å². The minimum absolute atomic E-state index is 0.236. The monoisotopic (exact) mass is 302 g/mol. The van der Waals surface area contributed by atoms with Crippen LogP contribution in [0.15, 0.2) is 24.3 Å². The molecule has 0 amide bonds. The van der Waals surface area contributed by atoms with Crippen LogP contribution in [-0.2, 0) is 0 Å². The Morgan fingerprint density at radius 3 is 2.55 bits per heavy atom. The lowest BCUT2D eigenvalue weighted by atomic mass is 10.1. The molecule has 0 radical (unpaired) electrons. The summed E-state index contributed by atoms with van der Waals surface area (Å²) in [6.07, 6.45) is 0. The molecule has 0 N–H and O–H groups in total. The first-order valence-electron chi connectivity index (χ1n) is 5.61. The van der Waals surface area contributed by atoms with E-state index in [4.69, 9.17) is 11.6 Å². The molecule has 3 aromatic rings. The van der Waals surface area contributed by atoms with Crippen LogP contribution in [0.4, 0.5) is 0 Å². The van der Waals surface area contributed by atoms with Crippen molar-refractivity contribution < 1.29 is 0 Å². The van der Waals surface area contributed by atoms with E-state index in [0.717, 1.165) is 10.6 Å². The van der Waals surface area contributed by atoms with Crippen LogP contribution in [0.5, 0.6) is 0 Å². The van der Waals surface area contributed by atoms with E-state index in [9.17, 15) is 5.26 Å². The third-order valence-corrected chi connectivity index (χ3v) is 3.66. The molecule has 0 aliphatic rings. The van der Waals surface area contributed by atoms with Crippen molar-refractivity contribution in [1.29, 1.82) is 5.26 Å². The van der Waals surface area contributed by atoms with Crippen LogP contribution in [0.25, 0.3) is 16.4 Å². The molecule has 0 unspecified atom stereocenters. The minimum atomic E-state index is 0.236. The lowest BCUT2D eigenvalue weighted by Gasteiger charge is -2.03. The number of halogens is 1. The van der Waals surface area contributed by atoms with Crippen molar-refractivity contribution in [1.82, 2.24) is 25.2 Å². The van der Waals surface area contributed by atoms with Gasteiger partial charge >= 0.3 is 0 Å². The van der Waals surface area contributed by atoms with Gasteiger partial charge in [-0.15, -0.1) is 15.3 Å². The fourth-order valence-electron chi connectivity index (χ4n) is 1.73. The van der Waals surface area contributed by atoms with E-state index in [1.165, 1.54) is 16.0 Å². The molecule has 0 spiro atoms. The van der Waals surface area contributed by atoms with Gasteiger partial charge in [0.1, 0.15) is 16.8 Å². The van der Waals surface area contributed by atoms with Crippen LogP contribution < -0.4 is 0 Å². The predicted octanol–water partition coefficient (Wildman–Crippen LogP) is 2.62. The number of hydrogen-bond acceptors (Lipinski definition) is 6. The Kier molecular flexibility index (Phi) is 3.18. The fourth-order valence-corrected chi connectivity index (χ4v) is 2.50. The lowest BCUT2D eigenvalue weighted by Crippen LogP contribution is -1.99. The second-order valence-electron chi connectivity index (χ2n) is 3.92. The maximum Gasteiger partial charge on any atom is 0.234 e. The van der Waals surface area contributed by atoms with E-state index in [0.29, 0.717) is 15.8 Å². The highest BCUT2D eigenvalue weighted by Crippen LogP contribution is 2.27. The Morgan fingerprint density at radius 2 is 1.95 bits per heavy atom. The van der Waals surface area contributed by atoms with Gasteiger partial charge in [0, 0.05) is 10.6 Å². The summed E-state index contributed by atoms with van der Waals surface area (Å²) >= 11 is 7.26. The average molecular weight is 303 g/mol. The molecule has 0 aliphatic heterocycles. The molecule has 2 heterocycles. The molecule has 8 heteroatoms. The topological polar surface area (TPSA) is 80.3 Å². The van der Waals surface area contributed by atoms with Gasteiger partial charge in [-0.25, -0.2) is 0 Å². The second-order valence-corrected chi connectivity index (χ2v) is 5.52. The van der Waals surface area contributed by atoms with Crippen molar-refractivity contribution >= 4 is 22.9 Å². The largest absolute Gasteiger partial charge is 0.234 e. The zero-order valence-electron chi connectivity index (χ0n) is 10.3. The maximum absolute atomic E-state index is 9.18. The molecule has 98 valence electrons. The Hall–Kier alpha value is -2.30. The van der Waals surface area contributed by atoms with E-state index in [2.05, 4.69) is 20.5 Å². The number of nitriles is 1. The van der Waals surface area contributed by atoms with Crippen molar-refractivity contribution in [2.75, 3.05) is 0 Å². The van der Waals surface area contributed by atoms with Gasteiger partial charge in [0.25, 0.3) is 0 Å². The first-order chi connectivity index (χ1) is 9.69. The molecule has 0 saturated heterocycles. The summed E-state index contributed by atoms with van der Waals surface area (Å²) in [6.45, 7) is 1.85. The molecule has 0 fully saturated rings. The molecule has 3 rings (SSSR count). The van der Waals surface area contributed by atoms with E-state index in [-0.39, 0.29) is 5.69 Å². The summed E-state index contributed by atoms with van der Waals surface area (Å²) in [5.41, 5.74) is 1.62. The second kappa shape index (κ2) is 5.00. The van der Waals surface area contributed by atoms with Crippen LogP contribution in [0.3, 0.4) is 0 Å². The lowest BCUT2D eigenvalue weighted by molar-refractivity contribution is 0.787. The molecular weight excluding hydrogens is 296 g/mol. The molecule has 2 aromatic heterocycles. The molecule has 20 heavy (non-hydrogen) atoms. The number of rotatable bonds is 2. The van der Waals surface area contributed by atoms with Crippen molar-refractivity contribution in [3.63, 3.8) is 0 Å². The van der Waals surface area contributed by atoms with Gasteiger partial charge < -0.3 is 0 Å². The van der Waals surface area contributed by atoms with Crippen molar-refractivity contribution in [2.24, 2.45) is 0 Å². The van der Waals surface area contributed by atoms with Crippen molar-refractivity contribution in [3.8, 4) is 22.5 Å². The van der Waals surface area contributed by atoms with Crippen molar-refractivity contribution in [2.45, 2.75) is 6.92 Å². The first kappa shape index (κ1) is 12.7. The predicted molar refractivity (Wildman–Crippen MR) is 74.7 cm³/mol. The van der Waals surface area contributed by atoms with E-state index >= 15 is 0 Å². The molecule has 6 nitrogen and oxygen atoms in total. The third kappa shape index (κ3) is 2.15. The zero-order valence-corrected chi connectivity index (χ0v) is 11.9. The summed E-state index contributed by atoms with van der Waals surface area (Å²) < 4.78 is 1.52. The van der Waals surface area contributed by atoms with Gasteiger partial charge in [0.05, 0.1) is 0 Å². The maximum atomic E-state index is 9.18. The van der Waals surface area contributed by atoms with Crippen LogP contribution in [0.1, 0.15) is 10.7 Å². The Labute approximate surface area is 123 Å². The molecule has 0 bridgehead atoms. The zero-order chi connectivity index (χ0) is 14.1. The Morgan fingerprint density at radius 1 is 1.20 bits per heavy atom. The van der Waals surface area contributed by atoms with E-state index in [1.54, 1.807) is 12.1 Å². The molecular formula is C12H7ClN6S.